The monoisotopic (exact) mass is 271 g/mol. The quantitative estimate of drug-likeness (QED) is 0.907. The van der Waals surface area contributed by atoms with Crippen LogP contribution in [-0.4, -0.2) is 31.2 Å². The van der Waals surface area contributed by atoms with Crippen molar-refractivity contribution < 1.29 is 9.84 Å². The van der Waals surface area contributed by atoms with Crippen molar-refractivity contribution in [3.05, 3.63) is 65.2 Å². The van der Waals surface area contributed by atoms with Crippen molar-refractivity contribution in [3.63, 3.8) is 0 Å². The molecule has 3 nitrogen and oxygen atoms in total. The van der Waals surface area contributed by atoms with Crippen molar-refractivity contribution in [3.8, 4) is 5.75 Å². The standard InChI is InChI=1S/C17H21NO2/c1-18(2)12-14-6-4-5-7-16(14)17(19)13-8-10-15(20-3)11-9-13/h4-11,17,19H,12H2,1-3H3. The maximum absolute atomic E-state index is 10.6. The average molecular weight is 271 g/mol. The summed E-state index contributed by atoms with van der Waals surface area (Å²) in [6, 6.07) is 15.5. The lowest BCUT2D eigenvalue weighted by molar-refractivity contribution is 0.217. The molecule has 2 rings (SSSR count). The topological polar surface area (TPSA) is 32.7 Å². The Labute approximate surface area is 120 Å². The van der Waals surface area contributed by atoms with E-state index in [4.69, 9.17) is 4.74 Å². The molecule has 0 aromatic heterocycles. The highest BCUT2D eigenvalue weighted by atomic mass is 16.5. The minimum absolute atomic E-state index is 0.614. The predicted molar refractivity (Wildman–Crippen MR) is 80.9 cm³/mol. The summed E-state index contributed by atoms with van der Waals surface area (Å²) in [5.41, 5.74) is 2.96. The van der Waals surface area contributed by atoms with E-state index >= 15 is 0 Å². The molecule has 1 N–H and O–H groups in total. The van der Waals surface area contributed by atoms with Gasteiger partial charge in [-0.2, -0.15) is 0 Å². The second-order valence-electron chi connectivity index (χ2n) is 5.11. The highest BCUT2D eigenvalue weighted by Crippen LogP contribution is 2.26. The molecule has 0 amide bonds. The Morgan fingerprint density at radius 3 is 2.30 bits per heavy atom. The number of hydrogen-bond acceptors (Lipinski definition) is 3. The molecule has 0 radical (unpaired) electrons. The van der Waals surface area contributed by atoms with E-state index in [-0.39, 0.29) is 0 Å². The highest BCUT2D eigenvalue weighted by molar-refractivity contribution is 5.37. The summed E-state index contributed by atoms with van der Waals surface area (Å²) in [6.07, 6.45) is -0.614. The first-order chi connectivity index (χ1) is 9.61. The van der Waals surface area contributed by atoms with Crippen LogP contribution in [0.15, 0.2) is 48.5 Å². The van der Waals surface area contributed by atoms with Crippen molar-refractivity contribution in [2.24, 2.45) is 0 Å². The predicted octanol–water partition coefficient (Wildman–Crippen LogP) is 2.84. The van der Waals surface area contributed by atoms with Crippen LogP contribution in [0, 0.1) is 0 Å². The second kappa shape index (κ2) is 6.55. The molecular formula is C17H21NO2. The Balaban J connectivity index is 2.29. The normalized spacial score (nSPS) is 12.4. The zero-order chi connectivity index (χ0) is 14.5. The van der Waals surface area contributed by atoms with Gasteiger partial charge in [0.25, 0.3) is 0 Å². The Hall–Kier alpha value is -1.84. The van der Waals surface area contributed by atoms with Crippen LogP contribution in [0.5, 0.6) is 5.75 Å². The Morgan fingerprint density at radius 1 is 1.05 bits per heavy atom. The van der Waals surface area contributed by atoms with E-state index in [9.17, 15) is 5.11 Å². The molecule has 20 heavy (non-hydrogen) atoms. The third-order valence-electron chi connectivity index (χ3n) is 3.27. The molecule has 3 heteroatoms. The fourth-order valence-electron chi connectivity index (χ4n) is 2.25. The van der Waals surface area contributed by atoms with E-state index < -0.39 is 6.10 Å². The fourth-order valence-corrected chi connectivity index (χ4v) is 2.25. The lowest BCUT2D eigenvalue weighted by Crippen LogP contribution is -2.14. The summed E-state index contributed by atoms with van der Waals surface area (Å²) < 4.78 is 5.14. The molecule has 0 aliphatic carbocycles. The molecule has 0 saturated carbocycles. The minimum atomic E-state index is -0.614. The molecular weight excluding hydrogens is 250 g/mol. The zero-order valence-electron chi connectivity index (χ0n) is 12.2. The van der Waals surface area contributed by atoms with Gasteiger partial charge in [0.05, 0.1) is 7.11 Å². The van der Waals surface area contributed by atoms with Gasteiger partial charge in [-0.1, -0.05) is 36.4 Å². The summed E-state index contributed by atoms with van der Waals surface area (Å²) in [5, 5.41) is 10.6. The molecule has 1 atom stereocenters. The van der Waals surface area contributed by atoms with Crippen LogP contribution in [0.1, 0.15) is 22.8 Å². The number of benzene rings is 2. The van der Waals surface area contributed by atoms with Gasteiger partial charge in [0, 0.05) is 6.54 Å². The second-order valence-corrected chi connectivity index (χ2v) is 5.11. The van der Waals surface area contributed by atoms with Crippen molar-refractivity contribution >= 4 is 0 Å². The van der Waals surface area contributed by atoms with Crippen molar-refractivity contribution in [1.29, 1.82) is 0 Å². The van der Waals surface area contributed by atoms with Crippen LogP contribution in [-0.2, 0) is 6.54 Å². The SMILES string of the molecule is COc1ccc(C(O)c2ccccc2CN(C)C)cc1. The van der Waals surface area contributed by atoms with Crippen molar-refractivity contribution in [2.45, 2.75) is 12.6 Å². The number of methoxy groups -OCH3 is 1. The summed E-state index contributed by atoms with van der Waals surface area (Å²) in [6.45, 7) is 0.809. The van der Waals surface area contributed by atoms with E-state index in [2.05, 4.69) is 11.0 Å². The van der Waals surface area contributed by atoms with Gasteiger partial charge in [-0.25, -0.2) is 0 Å². The molecule has 2 aromatic carbocycles. The van der Waals surface area contributed by atoms with Crippen LogP contribution in [0.2, 0.25) is 0 Å². The number of ether oxygens (including phenoxy) is 1. The third-order valence-corrected chi connectivity index (χ3v) is 3.27. The molecule has 0 fully saturated rings. The fraction of sp³-hybridized carbons (Fsp3) is 0.294. The van der Waals surface area contributed by atoms with E-state index in [0.29, 0.717) is 0 Å². The number of rotatable bonds is 5. The molecule has 0 saturated heterocycles. The Morgan fingerprint density at radius 2 is 1.70 bits per heavy atom. The van der Waals surface area contributed by atoms with E-state index in [1.807, 2.05) is 56.6 Å². The molecule has 106 valence electrons. The van der Waals surface area contributed by atoms with Crippen molar-refractivity contribution in [2.75, 3.05) is 21.2 Å². The summed E-state index contributed by atoms with van der Waals surface area (Å²) >= 11 is 0. The summed E-state index contributed by atoms with van der Waals surface area (Å²) in [4.78, 5) is 2.10. The van der Waals surface area contributed by atoms with E-state index in [1.54, 1.807) is 7.11 Å². The first-order valence-corrected chi connectivity index (χ1v) is 6.66. The van der Waals surface area contributed by atoms with Gasteiger partial charge in [-0.05, 0) is 42.9 Å². The molecule has 0 aliphatic rings. The number of nitrogens with zero attached hydrogens (tertiary/aromatic N) is 1. The van der Waals surface area contributed by atoms with Gasteiger partial charge in [0.2, 0.25) is 0 Å². The smallest absolute Gasteiger partial charge is 0.118 e. The third kappa shape index (κ3) is 3.38. The maximum Gasteiger partial charge on any atom is 0.118 e. The maximum atomic E-state index is 10.6. The van der Waals surface area contributed by atoms with E-state index in [1.165, 1.54) is 0 Å². The van der Waals surface area contributed by atoms with Gasteiger partial charge in [0.1, 0.15) is 11.9 Å². The van der Waals surface area contributed by atoms with Gasteiger partial charge in [0.15, 0.2) is 0 Å². The number of aliphatic hydroxyl groups excluding tert-OH is 1. The van der Waals surface area contributed by atoms with E-state index in [0.717, 1.165) is 29.0 Å². The largest absolute Gasteiger partial charge is 0.497 e. The number of hydrogen-bond donors (Lipinski definition) is 1. The molecule has 2 aromatic rings. The van der Waals surface area contributed by atoms with Crippen LogP contribution >= 0.6 is 0 Å². The van der Waals surface area contributed by atoms with Gasteiger partial charge in [-0.3, -0.25) is 0 Å². The van der Waals surface area contributed by atoms with Gasteiger partial charge >= 0.3 is 0 Å². The van der Waals surface area contributed by atoms with Crippen molar-refractivity contribution in [1.82, 2.24) is 4.90 Å². The molecule has 0 spiro atoms. The zero-order valence-corrected chi connectivity index (χ0v) is 12.2. The van der Waals surface area contributed by atoms with Crippen LogP contribution in [0.25, 0.3) is 0 Å². The summed E-state index contributed by atoms with van der Waals surface area (Å²) in [7, 11) is 5.69. The van der Waals surface area contributed by atoms with Crippen LogP contribution in [0.3, 0.4) is 0 Å². The average Bonchev–Trinajstić information content (AvgIpc) is 2.46. The van der Waals surface area contributed by atoms with Crippen LogP contribution in [0.4, 0.5) is 0 Å². The Kier molecular flexibility index (Phi) is 4.77. The molecule has 0 heterocycles. The number of aliphatic hydroxyl groups is 1. The minimum Gasteiger partial charge on any atom is -0.497 e. The summed E-state index contributed by atoms with van der Waals surface area (Å²) in [5.74, 6) is 0.794. The molecule has 0 aliphatic heterocycles. The molecule has 0 bridgehead atoms. The lowest BCUT2D eigenvalue weighted by atomic mass is 9.96. The lowest BCUT2D eigenvalue weighted by Gasteiger charge is -2.18. The molecule has 1 unspecified atom stereocenters. The highest BCUT2D eigenvalue weighted by Gasteiger charge is 2.14. The van der Waals surface area contributed by atoms with Crippen LogP contribution < -0.4 is 4.74 Å². The van der Waals surface area contributed by atoms with Gasteiger partial charge in [-0.15, -0.1) is 0 Å². The first-order valence-electron chi connectivity index (χ1n) is 6.66. The Bertz CT molecular complexity index is 549. The van der Waals surface area contributed by atoms with Gasteiger partial charge < -0.3 is 14.7 Å². The first kappa shape index (κ1) is 14.6.